The Hall–Kier alpha value is -1.18. The van der Waals surface area contributed by atoms with Gasteiger partial charge < -0.3 is 15.4 Å². The molecule has 0 spiro atoms. The molecule has 3 nitrogen and oxygen atoms in total. The highest BCUT2D eigenvalue weighted by atomic mass is 79.9. The molecule has 0 aliphatic rings. The first-order valence-electron chi connectivity index (χ1n) is 5.87. The molecule has 21 heavy (non-hydrogen) atoms. The molecule has 0 radical (unpaired) electrons. The van der Waals surface area contributed by atoms with Gasteiger partial charge in [-0.05, 0) is 52.4 Å². The molecule has 7 heteroatoms. The Kier molecular flexibility index (Phi) is 5.55. The molecule has 0 saturated heterocycles. The minimum absolute atomic E-state index is 0.265. The molecule has 0 saturated carbocycles. The van der Waals surface area contributed by atoms with Crippen LogP contribution in [0.2, 0.25) is 0 Å². The van der Waals surface area contributed by atoms with E-state index in [1.54, 1.807) is 19.2 Å². The zero-order valence-corrected chi connectivity index (χ0v) is 14.9. The van der Waals surface area contributed by atoms with Gasteiger partial charge >= 0.3 is 0 Å². The maximum Gasteiger partial charge on any atom is 0.175 e. The van der Waals surface area contributed by atoms with Gasteiger partial charge in [-0.2, -0.15) is 0 Å². The molecular formula is C14H11Br2FN2OS. The molecule has 2 N–H and O–H groups in total. The van der Waals surface area contributed by atoms with Crippen molar-refractivity contribution in [2.24, 2.45) is 0 Å². The molecule has 2 rings (SSSR count). The van der Waals surface area contributed by atoms with Crippen LogP contribution in [-0.2, 0) is 0 Å². The van der Waals surface area contributed by atoms with E-state index in [9.17, 15) is 4.39 Å². The summed E-state index contributed by atoms with van der Waals surface area (Å²) < 4.78 is 20.3. The van der Waals surface area contributed by atoms with Crippen molar-refractivity contribution in [3.8, 4) is 5.75 Å². The fraction of sp³-hybridized carbons (Fsp3) is 0.0714. The van der Waals surface area contributed by atoms with Crippen molar-refractivity contribution in [1.82, 2.24) is 0 Å². The van der Waals surface area contributed by atoms with Crippen LogP contribution in [0.5, 0.6) is 5.75 Å². The third-order valence-electron chi connectivity index (χ3n) is 2.60. The van der Waals surface area contributed by atoms with Crippen molar-refractivity contribution >= 4 is 60.6 Å². The van der Waals surface area contributed by atoms with Crippen LogP contribution < -0.4 is 15.4 Å². The normalized spacial score (nSPS) is 10.1. The number of thiocarbonyl (C=S) groups is 1. The number of nitrogens with one attached hydrogen (secondary N) is 2. The Morgan fingerprint density at radius 3 is 2.57 bits per heavy atom. The number of anilines is 2. The van der Waals surface area contributed by atoms with Crippen molar-refractivity contribution in [1.29, 1.82) is 0 Å². The molecule has 0 aromatic heterocycles. The van der Waals surface area contributed by atoms with E-state index in [4.69, 9.17) is 17.0 Å². The minimum atomic E-state index is -0.416. The third kappa shape index (κ3) is 4.15. The highest BCUT2D eigenvalue weighted by molar-refractivity contribution is 9.11. The quantitative estimate of drug-likeness (QED) is 0.654. The van der Waals surface area contributed by atoms with Gasteiger partial charge in [0, 0.05) is 8.95 Å². The van der Waals surface area contributed by atoms with Gasteiger partial charge in [0.25, 0.3) is 0 Å². The Balaban J connectivity index is 2.16. The summed E-state index contributed by atoms with van der Waals surface area (Å²) in [5.74, 6) is 0.234. The molecule has 2 aromatic rings. The number of para-hydroxylation sites is 2. The summed E-state index contributed by atoms with van der Waals surface area (Å²) in [7, 11) is 1.57. The average molecular weight is 434 g/mol. The van der Waals surface area contributed by atoms with Gasteiger partial charge in [-0.15, -0.1) is 0 Å². The van der Waals surface area contributed by atoms with E-state index in [-0.39, 0.29) is 10.8 Å². The summed E-state index contributed by atoms with van der Waals surface area (Å²) in [6.45, 7) is 0. The molecule has 0 aliphatic heterocycles. The zero-order chi connectivity index (χ0) is 15.4. The summed E-state index contributed by atoms with van der Waals surface area (Å²) in [6.07, 6.45) is 0. The Bertz CT molecular complexity index is 659. The molecule has 0 bridgehead atoms. The van der Waals surface area contributed by atoms with E-state index in [0.717, 1.165) is 0 Å². The van der Waals surface area contributed by atoms with Gasteiger partial charge in [-0.3, -0.25) is 0 Å². The maximum absolute atomic E-state index is 13.9. The minimum Gasteiger partial charge on any atom is -0.495 e. The fourth-order valence-corrected chi connectivity index (χ4v) is 3.16. The highest BCUT2D eigenvalue weighted by Gasteiger charge is 2.11. The van der Waals surface area contributed by atoms with Crippen LogP contribution in [0.25, 0.3) is 0 Å². The van der Waals surface area contributed by atoms with Gasteiger partial charge in [0.2, 0.25) is 0 Å². The summed E-state index contributed by atoms with van der Waals surface area (Å²) >= 11 is 11.7. The van der Waals surface area contributed by atoms with E-state index in [0.29, 0.717) is 20.4 Å². The number of ether oxygens (including phenoxy) is 1. The van der Waals surface area contributed by atoms with E-state index in [1.165, 1.54) is 6.07 Å². The van der Waals surface area contributed by atoms with Crippen LogP contribution in [-0.4, -0.2) is 12.2 Å². The molecule has 110 valence electrons. The van der Waals surface area contributed by atoms with Crippen molar-refractivity contribution < 1.29 is 9.13 Å². The van der Waals surface area contributed by atoms with Gasteiger partial charge in [0.05, 0.1) is 18.5 Å². The van der Waals surface area contributed by atoms with Crippen molar-refractivity contribution in [2.45, 2.75) is 0 Å². The van der Waals surface area contributed by atoms with Crippen LogP contribution in [0.4, 0.5) is 15.8 Å². The first-order valence-corrected chi connectivity index (χ1v) is 7.86. The van der Waals surface area contributed by atoms with E-state index < -0.39 is 5.82 Å². The predicted molar refractivity (Wildman–Crippen MR) is 94.6 cm³/mol. The third-order valence-corrected chi connectivity index (χ3v) is 3.89. The fourth-order valence-electron chi connectivity index (χ4n) is 1.68. The lowest BCUT2D eigenvalue weighted by Gasteiger charge is -2.14. The van der Waals surface area contributed by atoms with Gasteiger partial charge in [-0.1, -0.05) is 28.1 Å². The SMILES string of the molecule is COc1ccccc1NC(=S)Nc1c(F)cc(Br)cc1Br. The van der Waals surface area contributed by atoms with Crippen LogP contribution in [0, 0.1) is 5.82 Å². The van der Waals surface area contributed by atoms with Crippen molar-refractivity contribution in [3.05, 3.63) is 51.2 Å². The lowest BCUT2D eigenvalue weighted by Crippen LogP contribution is -2.20. The number of hydrogen-bond donors (Lipinski definition) is 2. The van der Waals surface area contributed by atoms with Gasteiger partial charge in [0.1, 0.15) is 11.6 Å². The first-order chi connectivity index (χ1) is 10.0. The summed E-state index contributed by atoms with van der Waals surface area (Å²) in [5.41, 5.74) is 0.969. The van der Waals surface area contributed by atoms with Gasteiger partial charge in [0.15, 0.2) is 5.11 Å². The summed E-state index contributed by atoms with van der Waals surface area (Å²) in [4.78, 5) is 0. The second-order valence-electron chi connectivity index (χ2n) is 4.02. The molecule has 0 amide bonds. The Labute approximate surface area is 144 Å². The molecule has 0 heterocycles. The largest absolute Gasteiger partial charge is 0.495 e. The molecule has 0 aliphatic carbocycles. The summed E-state index contributed by atoms with van der Waals surface area (Å²) in [5, 5.41) is 6.07. The van der Waals surface area contributed by atoms with Gasteiger partial charge in [-0.25, -0.2) is 4.39 Å². The standard InChI is InChI=1S/C14H11Br2FN2OS/c1-20-12-5-3-2-4-11(12)18-14(21)19-13-9(16)6-8(15)7-10(13)17/h2-7H,1H3,(H2,18,19,21). The van der Waals surface area contributed by atoms with Crippen molar-refractivity contribution in [2.75, 3.05) is 17.7 Å². The maximum atomic E-state index is 13.9. The molecular weight excluding hydrogens is 423 g/mol. The van der Waals surface area contributed by atoms with E-state index in [2.05, 4.69) is 42.5 Å². The topological polar surface area (TPSA) is 33.3 Å². The Morgan fingerprint density at radius 2 is 1.90 bits per heavy atom. The lowest BCUT2D eigenvalue weighted by molar-refractivity contribution is 0.417. The van der Waals surface area contributed by atoms with Crippen LogP contribution >= 0.6 is 44.1 Å². The first kappa shape index (κ1) is 16.2. The number of rotatable bonds is 3. The van der Waals surface area contributed by atoms with Crippen LogP contribution in [0.15, 0.2) is 45.3 Å². The number of halogens is 3. The van der Waals surface area contributed by atoms with Crippen molar-refractivity contribution in [3.63, 3.8) is 0 Å². The number of hydrogen-bond acceptors (Lipinski definition) is 2. The highest BCUT2D eigenvalue weighted by Crippen LogP contribution is 2.30. The molecule has 0 fully saturated rings. The van der Waals surface area contributed by atoms with Crippen LogP contribution in [0.3, 0.4) is 0 Å². The molecule has 2 aromatic carbocycles. The van der Waals surface area contributed by atoms with Crippen LogP contribution in [0.1, 0.15) is 0 Å². The monoisotopic (exact) mass is 432 g/mol. The van der Waals surface area contributed by atoms with E-state index >= 15 is 0 Å². The predicted octanol–water partition coefficient (Wildman–Crippen LogP) is 5.17. The molecule has 0 unspecified atom stereocenters. The lowest BCUT2D eigenvalue weighted by atomic mass is 10.3. The molecule has 0 atom stereocenters. The summed E-state index contributed by atoms with van der Waals surface area (Å²) in [6, 6.07) is 10.4. The van der Waals surface area contributed by atoms with E-state index in [1.807, 2.05) is 18.2 Å². The second kappa shape index (κ2) is 7.20. The average Bonchev–Trinajstić information content (AvgIpc) is 2.43. The Morgan fingerprint density at radius 1 is 1.19 bits per heavy atom. The second-order valence-corrected chi connectivity index (χ2v) is 6.20. The number of benzene rings is 2. The number of methoxy groups -OCH3 is 1. The smallest absolute Gasteiger partial charge is 0.175 e. The zero-order valence-electron chi connectivity index (χ0n) is 10.9.